The van der Waals surface area contributed by atoms with Crippen LogP contribution in [0.5, 0.6) is 6.01 Å². The minimum atomic E-state index is -2.69. The van der Waals surface area contributed by atoms with Crippen LogP contribution in [0.1, 0.15) is 61.3 Å². The van der Waals surface area contributed by atoms with Crippen molar-refractivity contribution < 1.29 is 76.3 Å². The van der Waals surface area contributed by atoms with E-state index in [9.17, 15) is 48.3 Å². The van der Waals surface area contributed by atoms with Crippen molar-refractivity contribution in [2.75, 3.05) is 44.7 Å². The number of imide groups is 1. The first-order chi connectivity index (χ1) is 38.7. The number of nitrogens with two attached hydrogens (primary N) is 1. The summed E-state index contributed by atoms with van der Waals surface area (Å²) in [4.78, 5) is 91.1. The molecule has 422 valence electrons. The van der Waals surface area contributed by atoms with E-state index in [-0.39, 0.29) is 63.8 Å². The number of alkyl halides is 2. The highest BCUT2D eigenvalue weighted by molar-refractivity contribution is 6.27. The molecule has 6 heterocycles. The Balaban J connectivity index is 0.000000277. The van der Waals surface area contributed by atoms with Crippen LogP contribution in [0.15, 0.2) is 134 Å². The number of benzene rings is 4. The molecule has 0 aliphatic carbocycles. The molecule has 0 unspecified atom stereocenters. The van der Waals surface area contributed by atoms with Crippen LogP contribution < -0.4 is 15.4 Å². The van der Waals surface area contributed by atoms with Crippen LogP contribution in [0.3, 0.4) is 0 Å². The van der Waals surface area contributed by atoms with E-state index in [0.29, 0.717) is 4.90 Å². The number of carbonyl (C=O) groups excluding carboxylic acids is 4. The standard InChI is InChI=1S/C39H30N6O10.C13H17F2N5O5.CH4/c1-52-31-30(55-38(49)27-20-12-5-13-21-27)28(22-53-37(48)26-18-10-4-11-19-26)54-36(31)43-23-40-29-32(43)41-39(45(50)51)42-33(29)44(34(46)24-14-6-2-7-15-24)35(47)25-16-8-3-9-17-25;1-23-9-8(22)5(2-21)25-12(9)20-4-17-7-10(16)18-13(19-11(7)20)24-3-6(14)15;/h2-21,23,28,30-31,36H,22H2,1H3;4-6,8-9,12,21-22H,2-3H2,1H3,(H2,16,18,19);1H4/t28-,30-,31-,36-;5-,8-,9-,12-;/m11./s1. The van der Waals surface area contributed by atoms with Gasteiger partial charge >= 0.3 is 23.9 Å². The number of halogens is 2. The number of esters is 2. The van der Waals surface area contributed by atoms with E-state index in [0.717, 1.165) is 0 Å². The maximum absolute atomic E-state index is 14.1. The summed E-state index contributed by atoms with van der Waals surface area (Å²) in [5.74, 6) is -4.53. The Kier molecular flexibility index (Phi) is 18.3. The van der Waals surface area contributed by atoms with Gasteiger partial charge in [0.1, 0.15) is 43.5 Å². The van der Waals surface area contributed by atoms with E-state index in [2.05, 4.69) is 29.9 Å². The SMILES string of the molecule is C.CO[C@@H]1[C@H](O)[C@@H](CO)O[C@H]1n1cnc2c(N)nc(OCC(F)F)nc21.CO[C@@H]1[C@H](OC(=O)c2ccccc2)[C@@H](COC(=O)c2ccccc2)O[C@H]1n1cnc2c(N(C(=O)c3ccccc3)C(=O)c3ccccc3)nc([N+](=O)[O-])nc21. The van der Waals surface area contributed by atoms with E-state index in [4.69, 9.17) is 38.9 Å². The number of carbonyl (C=O) groups is 4. The summed E-state index contributed by atoms with van der Waals surface area (Å²) in [5, 5.41) is 31.7. The van der Waals surface area contributed by atoms with Crippen molar-refractivity contribution in [1.29, 1.82) is 0 Å². The summed E-state index contributed by atoms with van der Waals surface area (Å²) in [6.07, 6.45) is -8.45. The number of nitro groups is 1. The van der Waals surface area contributed by atoms with Gasteiger partial charge in [0.15, 0.2) is 47.7 Å². The molecule has 26 nitrogen and oxygen atoms in total. The van der Waals surface area contributed by atoms with Gasteiger partial charge in [-0.3, -0.25) is 18.7 Å². The summed E-state index contributed by atoms with van der Waals surface area (Å²) >= 11 is 0. The zero-order chi connectivity index (χ0) is 56.6. The lowest BCUT2D eigenvalue weighted by Crippen LogP contribution is -2.39. The van der Waals surface area contributed by atoms with Gasteiger partial charge in [-0.25, -0.2) is 33.2 Å². The fourth-order valence-corrected chi connectivity index (χ4v) is 8.71. The van der Waals surface area contributed by atoms with Gasteiger partial charge in [-0.15, -0.1) is 0 Å². The Morgan fingerprint density at radius 2 is 1.20 bits per heavy atom. The summed E-state index contributed by atoms with van der Waals surface area (Å²) in [7, 11) is 2.72. The lowest BCUT2D eigenvalue weighted by atomic mass is 10.1. The van der Waals surface area contributed by atoms with Gasteiger partial charge in [0.05, 0.1) is 24.1 Å². The van der Waals surface area contributed by atoms with E-state index in [1.807, 2.05) is 0 Å². The molecule has 2 saturated heterocycles. The molecule has 4 N–H and O–H groups in total. The molecular formula is C53H51F2N11O15. The molecule has 2 aliphatic heterocycles. The van der Waals surface area contributed by atoms with Crippen LogP contribution in [0.4, 0.5) is 26.4 Å². The van der Waals surface area contributed by atoms with Gasteiger partial charge in [0.25, 0.3) is 24.1 Å². The monoisotopic (exact) mass is 1120 g/mol. The van der Waals surface area contributed by atoms with Crippen molar-refractivity contribution in [2.45, 2.75) is 62.9 Å². The average molecular weight is 1120 g/mol. The summed E-state index contributed by atoms with van der Waals surface area (Å²) in [5.41, 5.74) is 6.44. The Morgan fingerprint density at radius 3 is 1.72 bits per heavy atom. The molecule has 0 radical (unpaired) electrons. The Hall–Kier alpha value is -9.32. The topological polar surface area (TPSA) is 333 Å². The number of hydrogen-bond acceptors (Lipinski definition) is 22. The number of nitrogens with zero attached hydrogens (tertiary/aromatic N) is 10. The molecule has 0 bridgehead atoms. The number of fused-ring (bicyclic) bond motifs is 2. The first-order valence-corrected chi connectivity index (χ1v) is 24.1. The number of amides is 2. The molecule has 2 aliphatic rings. The normalized spacial score (nSPS) is 20.2. The highest BCUT2D eigenvalue weighted by Gasteiger charge is 2.51. The number of aliphatic hydroxyl groups excluding tert-OH is 2. The average Bonchev–Trinajstić information content (AvgIpc) is 4.47. The van der Waals surface area contributed by atoms with Gasteiger partial charge in [-0.1, -0.05) is 80.2 Å². The Bertz CT molecular complexity index is 3450. The van der Waals surface area contributed by atoms with E-state index in [1.54, 1.807) is 97.1 Å². The molecule has 28 heteroatoms. The minimum absolute atomic E-state index is 0. The maximum Gasteiger partial charge on any atom is 0.473 e. The summed E-state index contributed by atoms with van der Waals surface area (Å²) in [6.45, 7) is -1.69. The second-order valence-electron chi connectivity index (χ2n) is 17.4. The molecular weight excluding hydrogens is 1070 g/mol. The number of ether oxygens (including phenoxy) is 7. The van der Waals surface area contributed by atoms with Gasteiger partial charge in [-0.2, -0.15) is 9.97 Å². The first kappa shape index (κ1) is 57.8. The van der Waals surface area contributed by atoms with Crippen LogP contribution in [0.2, 0.25) is 0 Å². The summed E-state index contributed by atoms with van der Waals surface area (Å²) < 4.78 is 66.6. The zero-order valence-electron chi connectivity index (χ0n) is 42.0. The van der Waals surface area contributed by atoms with Crippen LogP contribution >= 0.6 is 0 Å². The molecule has 0 saturated carbocycles. The third-order valence-electron chi connectivity index (χ3n) is 12.5. The predicted molar refractivity (Wildman–Crippen MR) is 279 cm³/mol. The number of aromatic nitrogens is 8. The van der Waals surface area contributed by atoms with Gasteiger partial charge < -0.3 is 59.2 Å². The maximum atomic E-state index is 14.1. The number of aliphatic hydroxyl groups is 2. The smallest absolute Gasteiger partial charge is 0.459 e. The number of imidazole rings is 2. The highest BCUT2D eigenvalue weighted by atomic mass is 19.3. The number of methoxy groups -OCH3 is 2. The van der Waals surface area contributed by atoms with Gasteiger partial charge in [-0.05, 0) is 63.4 Å². The van der Waals surface area contributed by atoms with E-state index in [1.165, 1.54) is 60.3 Å². The van der Waals surface area contributed by atoms with Crippen LogP contribution in [-0.4, -0.2) is 155 Å². The van der Waals surface area contributed by atoms with Crippen molar-refractivity contribution >= 4 is 63.7 Å². The molecule has 8 aromatic rings. The number of nitrogen functional groups attached to an aromatic ring is 1. The molecule has 81 heavy (non-hydrogen) atoms. The van der Waals surface area contributed by atoms with Crippen LogP contribution in [-0.2, 0) is 28.4 Å². The van der Waals surface area contributed by atoms with Crippen molar-refractivity contribution in [3.8, 4) is 6.01 Å². The molecule has 4 aromatic carbocycles. The quantitative estimate of drug-likeness (QED) is 0.0458. The van der Waals surface area contributed by atoms with Gasteiger partial charge in [0, 0.05) is 25.3 Å². The Morgan fingerprint density at radius 1 is 0.704 bits per heavy atom. The third-order valence-corrected chi connectivity index (χ3v) is 12.5. The van der Waals surface area contributed by atoms with Crippen LogP contribution in [0.25, 0.3) is 22.3 Å². The molecule has 2 fully saturated rings. The lowest BCUT2D eigenvalue weighted by molar-refractivity contribution is -0.394. The largest absolute Gasteiger partial charge is 0.473 e. The number of anilines is 2. The molecule has 2 amide bonds. The fraction of sp³-hybridized carbons (Fsp3) is 0.283. The second kappa shape index (κ2) is 25.6. The molecule has 4 aromatic heterocycles. The second-order valence-corrected chi connectivity index (χ2v) is 17.4. The lowest BCUT2D eigenvalue weighted by Gasteiger charge is -2.23. The van der Waals surface area contributed by atoms with Crippen molar-refractivity contribution in [3.05, 3.63) is 166 Å². The molecule has 0 spiro atoms. The predicted octanol–water partition coefficient (Wildman–Crippen LogP) is 5.17. The Labute approximate surface area is 457 Å². The van der Waals surface area contributed by atoms with E-state index >= 15 is 0 Å². The molecule has 8 atom stereocenters. The number of hydrogen-bond donors (Lipinski definition) is 3. The van der Waals surface area contributed by atoms with Crippen molar-refractivity contribution in [2.24, 2.45) is 0 Å². The van der Waals surface area contributed by atoms with Crippen molar-refractivity contribution in [3.63, 3.8) is 0 Å². The van der Waals surface area contributed by atoms with Crippen LogP contribution in [0, 0.1) is 10.1 Å². The highest BCUT2D eigenvalue weighted by Crippen LogP contribution is 2.39. The van der Waals surface area contributed by atoms with E-state index < -0.39 is 116 Å². The summed E-state index contributed by atoms with van der Waals surface area (Å²) in [6, 6.07) is 31.8. The number of rotatable bonds is 17. The first-order valence-electron chi connectivity index (χ1n) is 24.1. The fourth-order valence-electron chi connectivity index (χ4n) is 8.71. The molecule has 10 rings (SSSR count). The zero-order valence-corrected chi connectivity index (χ0v) is 42.0. The van der Waals surface area contributed by atoms with Crippen molar-refractivity contribution in [1.82, 2.24) is 39.0 Å². The third kappa shape index (κ3) is 12.3. The minimum Gasteiger partial charge on any atom is -0.459 e. The van der Waals surface area contributed by atoms with Gasteiger partial charge in [0.2, 0.25) is 5.65 Å².